The van der Waals surface area contributed by atoms with Crippen LogP contribution in [-0.4, -0.2) is 33.7 Å². The molecule has 3 atom stereocenters. The molecule has 1 aromatic carbocycles. The molecule has 1 aliphatic heterocycles. The van der Waals surface area contributed by atoms with E-state index in [2.05, 4.69) is 0 Å². The van der Waals surface area contributed by atoms with Gasteiger partial charge in [0.15, 0.2) is 0 Å². The van der Waals surface area contributed by atoms with Gasteiger partial charge >= 0.3 is 0 Å². The monoisotopic (exact) mass is 295 g/mol. The molecule has 0 spiro atoms. The smallest absolute Gasteiger partial charge is 0.256 e. The molecule has 1 fully saturated rings. The number of nitrogens with zero attached hydrogens (tertiary/aromatic N) is 1. The lowest BCUT2D eigenvalue weighted by atomic mass is 9.99. The van der Waals surface area contributed by atoms with Crippen molar-refractivity contribution < 1.29 is 15.0 Å². The molecule has 5 heteroatoms. The molecule has 108 valence electrons. The second kappa shape index (κ2) is 5.02. The summed E-state index contributed by atoms with van der Waals surface area (Å²) in [7, 11) is 0. The largest absolute Gasteiger partial charge is 0.393 e. The Hall–Kier alpha value is -1.10. The number of carbonyl (C=O) groups excluding carboxylic acids is 1. The van der Waals surface area contributed by atoms with Crippen molar-refractivity contribution in [2.24, 2.45) is 5.92 Å². The summed E-state index contributed by atoms with van der Waals surface area (Å²) in [5.74, 6) is 0.392. The van der Waals surface area contributed by atoms with E-state index in [1.54, 1.807) is 17.0 Å². The van der Waals surface area contributed by atoms with Crippen LogP contribution >= 0.6 is 11.6 Å². The molecule has 2 unspecified atom stereocenters. The van der Waals surface area contributed by atoms with Gasteiger partial charge in [0.05, 0.1) is 12.2 Å². The van der Waals surface area contributed by atoms with Crippen molar-refractivity contribution in [3.63, 3.8) is 0 Å². The zero-order valence-electron chi connectivity index (χ0n) is 11.3. The predicted octanol–water partition coefficient (Wildman–Crippen LogP) is 2.20. The average Bonchev–Trinajstić information content (AvgIpc) is 3.26. The summed E-state index contributed by atoms with van der Waals surface area (Å²) in [6, 6.07) is 5.36. The maximum atomic E-state index is 12.7. The van der Waals surface area contributed by atoms with E-state index in [1.807, 2.05) is 13.0 Å². The maximum Gasteiger partial charge on any atom is 0.256 e. The zero-order valence-corrected chi connectivity index (χ0v) is 12.0. The van der Waals surface area contributed by atoms with Crippen LogP contribution in [0.5, 0.6) is 0 Å². The van der Waals surface area contributed by atoms with E-state index >= 15 is 0 Å². The van der Waals surface area contributed by atoms with E-state index in [-0.39, 0.29) is 11.9 Å². The van der Waals surface area contributed by atoms with Gasteiger partial charge in [-0.25, -0.2) is 0 Å². The van der Waals surface area contributed by atoms with E-state index in [1.165, 1.54) is 0 Å². The Morgan fingerprint density at radius 1 is 1.45 bits per heavy atom. The molecule has 1 amide bonds. The van der Waals surface area contributed by atoms with Crippen molar-refractivity contribution in [2.45, 2.75) is 37.4 Å². The van der Waals surface area contributed by atoms with Crippen LogP contribution in [0.4, 0.5) is 0 Å². The molecule has 1 aromatic rings. The molecule has 1 aliphatic carbocycles. The van der Waals surface area contributed by atoms with Gasteiger partial charge in [0.2, 0.25) is 0 Å². The number of carbonyl (C=O) groups is 1. The zero-order chi connectivity index (χ0) is 14.4. The number of halogens is 1. The van der Waals surface area contributed by atoms with Crippen LogP contribution in [0.25, 0.3) is 0 Å². The van der Waals surface area contributed by atoms with E-state index in [0.29, 0.717) is 17.0 Å². The summed E-state index contributed by atoms with van der Waals surface area (Å²) < 4.78 is 0. The van der Waals surface area contributed by atoms with E-state index in [0.717, 1.165) is 18.4 Å². The third kappa shape index (κ3) is 2.03. The number of hydrogen-bond donors (Lipinski definition) is 2. The number of fused-ring (bicyclic) bond motifs is 1. The number of amides is 1. The van der Waals surface area contributed by atoms with Crippen LogP contribution in [0.2, 0.25) is 0 Å². The summed E-state index contributed by atoms with van der Waals surface area (Å²) in [6.07, 6.45) is 1.22. The number of aliphatic hydroxyl groups excluding tert-OH is 2. The number of rotatable bonds is 4. The molecule has 3 rings (SSSR count). The van der Waals surface area contributed by atoms with Gasteiger partial charge in [-0.3, -0.25) is 4.79 Å². The van der Waals surface area contributed by atoms with E-state index in [9.17, 15) is 9.90 Å². The Kier molecular flexibility index (Phi) is 3.48. The van der Waals surface area contributed by atoms with Gasteiger partial charge < -0.3 is 15.1 Å². The second-order valence-electron chi connectivity index (χ2n) is 5.64. The Morgan fingerprint density at radius 2 is 2.15 bits per heavy atom. The summed E-state index contributed by atoms with van der Waals surface area (Å²) in [5, 5.41) is 19.0. The molecular formula is C15H18ClNO3. The van der Waals surface area contributed by atoms with Gasteiger partial charge in [-0.1, -0.05) is 29.8 Å². The molecule has 2 aliphatic rings. The molecule has 20 heavy (non-hydrogen) atoms. The minimum Gasteiger partial charge on any atom is -0.393 e. The van der Waals surface area contributed by atoms with Crippen LogP contribution in [-0.2, 0) is 0 Å². The van der Waals surface area contributed by atoms with Crippen molar-refractivity contribution in [1.29, 1.82) is 0 Å². The van der Waals surface area contributed by atoms with Crippen molar-refractivity contribution in [3.8, 4) is 0 Å². The maximum absolute atomic E-state index is 12.7. The summed E-state index contributed by atoms with van der Waals surface area (Å²) >= 11 is 6.45. The molecular weight excluding hydrogens is 278 g/mol. The number of benzene rings is 1. The first kappa shape index (κ1) is 13.9. The Morgan fingerprint density at radius 3 is 2.75 bits per heavy atom. The highest BCUT2D eigenvalue weighted by atomic mass is 35.5. The van der Waals surface area contributed by atoms with Gasteiger partial charge in [-0.15, -0.1) is 0 Å². The lowest BCUT2D eigenvalue weighted by Crippen LogP contribution is -2.36. The minimum absolute atomic E-state index is 0.108. The first-order valence-corrected chi connectivity index (χ1v) is 7.38. The van der Waals surface area contributed by atoms with Gasteiger partial charge in [-0.05, 0) is 31.2 Å². The van der Waals surface area contributed by atoms with Gasteiger partial charge in [0, 0.05) is 11.6 Å². The fourth-order valence-electron chi connectivity index (χ4n) is 2.99. The van der Waals surface area contributed by atoms with Crippen molar-refractivity contribution in [3.05, 3.63) is 34.9 Å². The molecule has 0 bridgehead atoms. The van der Waals surface area contributed by atoms with Crippen molar-refractivity contribution >= 4 is 17.5 Å². The first-order chi connectivity index (χ1) is 9.56. The second-order valence-corrected chi connectivity index (χ2v) is 6.05. The average molecular weight is 296 g/mol. The summed E-state index contributed by atoms with van der Waals surface area (Å²) in [5.41, 5.74) is 1.17. The number of aliphatic hydroxyl groups is 2. The highest BCUT2D eigenvalue weighted by molar-refractivity contribution is 6.24. The fraction of sp³-hybridized carbons (Fsp3) is 0.533. The molecule has 4 nitrogen and oxygen atoms in total. The van der Waals surface area contributed by atoms with Crippen LogP contribution < -0.4 is 0 Å². The molecule has 0 radical (unpaired) electrons. The lowest BCUT2D eigenvalue weighted by Gasteiger charge is -2.27. The third-order valence-electron chi connectivity index (χ3n) is 4.35. The fourth-order valence-corrected chi connectivity index (χ4v) is 3.44. The topological polar surface area (TPSA) is 60.8 Å². The highest BCUT2D eigenvalue weighted by Gasteiger charge is 2.44. The Bertz CT molecular complexity index is 544. The van der Waals surface area contributed by atoms with Crippen LogP contribution in [0.1, 0.15) is 52.9 Å². The van der Waals surface area contributed by atoms with E-state index in [4.69, 9.17) is 16.7 Å². The quantitative estimate of drug-likeness (QED) is 0.661. The third-order valence-corrected chi connectivity index (χ3v) is 4.80. The normalized spacial score (nSPS) is 24.7. The standard InChI is InChI=1S/C15H18ClNO3/c1-8(9-5-6-9)17-14(16)11-4-2-3-10(12(19)7-18)13(11)15(17)20/h2-4,8-9,12,14,18-19H,5-7H2,1H3/t8-,12?,14?/m0/s1. The highest BCUT2D eigenvalue weighted by Crippen LogP contribution is 2.45. The van der Waals surface area contributed by atoms with Crippen molar-refractivity contribution in [2.75, 3.05) is 6.61 Å². The molecule has 2 N–H and O–H groups in total. The minimum atomic E-state index is -1.05. The van der Waals surface area contributed by atoms with Crippen LogP contribution in [0.3, 0.4) is 0 Å². The van der Waals surface area contributed by atoms with Gasteiger partial charge in [-0.2, -0.15) is 0 Å². The predicted molar refractivity (Wildman–Crippen MR) is 75.4 cm³/mol. The summed E-state index contributed by atoms with van der Waals surface area (Å²) in [4.78, 5) is 14.4. The van der Waals surface area contributed by atoms with E-state index < -0.39 is 18.2 Å². The van der Waals surface area contributed by atoms with Gasteiger partial charge in [0.1, 0.15) is 11.6 Å². The SMILES string of the molecule is C[C@@H](C1CC1)N1C(=O)c2c(C(O)CO)cccc2C1Cl. The Labute approximate surface area is 123 Å². The molecule has 1 saturated carbocycles. The molecule has 0 saturated heterocycles. The molecule has 0 aromatic heterocycles. The summed E-state index contributed by atoms with van der Waals surface area (Å²) in [6.45, 7) is 1.62. The Balaban J connectivity index is 2.01. The number of hydrogen-bond acceptors (Lipinski definition) is 3. The first-order valence-electron chi connectivity index (χ1n) is 6.94. The molecule has 1 heterocycles. The van der Waals surface area contributed by atoms with Crippen LogP contribution in [0.15, 0.2) is 18.2 Å². The van der Waals surface area contributed by atoms with Gasteiger partial charge in [0.25, 0.3) is 5.91 Å². The van der Waals surface area contributed by atoms with Crippen molar-refractivity contribution in [1.82, 2.24) is 4.90 Å². The number of alkyl halides is 1. The lowest BCUT2D eigenvalue weighted by molar-refractivity contribution is 0.0671. The van der Waals surface area contributed by atoms with Crippen LogP contribution in [0, 0.1) is 5.92 Å².